The van der Waals surface area contributed by atoms with Gasteiger partial charge < -0.3 is 4.74 Å². The van der Waals surface area contributed by atoms with Crippen LogP contribution in [0.15, 0.2) is 36.7 Å². The molecule has 0 atom stereocenters. The third kappa shape index (κ3) is 3.12. The minimum absolute atomic E-state index is 0.532. The summed E-state index contributed by atoms with van der Waals surface area (Å²) in [5.41, 5.74) is 0.897. The summed E-state index contributed by atoms with van der Waals surface area (Å²) in [6.07, 6.45) is 3.16. The summed E-state index contributed by atoms with van der Waals surface area (Å²) in [5, 5.41) is 1.81. The van der Waals surface area contributed by atoms with Crippen molar-refractivity contribution in [2.45, 2.75) is 5.33 Å². The lowest BCUT2D eigenvalue weighted by Gasteiger charge is -2.10. The minimum Gasteiger partial charge on any atom is -0.455 e. The van der Waals surface area contributed by atoms with Gasteiger partial charge in [-0.25, -0.2) is 0 Å². The number of benzene rings is 1. The summed E-state index contributed by atoms with van der Waals surface area (Å²) >= 11 is 15.3. The van der Waals surface area contributed by atoms with Gasteiger partial charge in [0.25, 0.3) is 0 Å². The molecule has 0 unspecified atom stereocenters. The molecule has 1 heterocycles. The van der Waals surface area contributed by atoms with E-state index >= 15 is 0 Å². The highest BCUT2D eigenvalue weighted by Gasteiger charge is 2.08. The van der Waals surface area contributed by atoms with Crippen molar-refractivity contribution in [1.82, 2.24) is 4.98 Å². The fourth-order valence-electron chi connectivity index (χ4n) is 1.34. The van der Waals surface area contributed by atoms with Gasteiger partial charge in [-0.05, 0) is 12.1 Å². The van der Waals surface area contributed by atoms with Crippen molar-refractivity contribution in [3.05, 3.63) is 52.3 Å². The van der Waals surface area contributed by atoms with E-state index in [0.717, 1.165) is 5.56 Å². The zero-order chi connectivity index (χ0) is 12.3. The van der Waals surface area contributed by atoms with Gasteiger partial charge in [0.05, 0.1) is 11.2 Å². The van der Waals surface area contributed by atoms with E-state index in [1.165, 1.54) is 0 Å². The number of alkyl halides is 1. The fraction of sp³-hybridized carbons (Fsp3) is 0.0833. The van der Waals surface area contributed by atoms with Crippen LogP contribution in [0.4, 0.5) is 0 Å². The maximum atomic E-state index is 6.08. The van der Waals surface area contributed by atoms with E-state index in [2.05, 4.69) is 20.9 Å². The molecular weight excluding hydrogens is 325 g/mol. The van der Waals surface area contributed by atoms with Crippen LogP contribution >= 0.6 is 39.1 Å². The summed E-state index contributed by atoms with van der Waals surface area (Å²) in [4.78, 5) is 3.96. The Morgan fingerprint density at radius 1 is 1.24 bits per heavy atom. The third-order valence-corrected chi connectivity index (χ3v) is 3.24. The van der Waals surface area contributed by atoms with E-state index in [1.807, 2.05) is 18.2 Å². The molecule has 5 heteroatoms. The highest BCUT2D eigenvalue weighted by molar-refractivity contribution is 9.08. The average molecular weight is 333 g/mol. The molecule has 0 radical (unpaired) electrons. The standard InChI is InChI=1S/C12H8BrCl2NO/c13-5-10-11(15)2-1-3-12(10)17-9-4-8(14)6-16-7-9/h1-4,6-7H,5H2. The van der Waals surface area contributed by atoms with Crippen LogP contribution in [0.1, 0.15) is 5.56 Å². The molecule has 0 saturated heterocycles. The number of hydrogen-bond donors (Lipinski definition) is 0. The molecule has 0 bridgehead atoms. The molecule has 1 aromatic carbocycles. The van der Waals surface area contributed by atoms with Crippen LogP contribution in [0, 0.1) is 0 Å². The second kappa shape index (κ2) is 5.71. The van der Waals surface area contributed by atoms with Gasteiger partial charge in [0.2, 0.25) is 0 Å². The van der Waals surface area contributed by atoms with Crippen molar-refractivity contribution >= 4 is 39.1 Å². The Kier molecular flexibility index (Phi) is 4.26. The van der Waals surface area contributed by atoms with Crippen LogP contribution < -0.4 is 4.74 Å². The molecule has 1 aromatic heterocycles. The second-order valence-electron chi connectivity index (χ2n) is 3.29. The van der Waals surface area contributed by atoms with Gasteiger partial charge in [0, 0.05) is 28.2 Å². The number of aromatic nitrogens is 1. The van der Waals surface area contributed by atoms with E-state index < -0.39 is 0 Å². The molecule has 0 aliphatic heterocycles. The van der Waals surface area contributed by atoms with Gasteiger partial charge in [-0.1, -0.05) is 45.2 Å². The van der Waals surface area contributed by atoms with Gasteiger partial charge >= 0.3 is 0 Å². The lowest BCUT2D eigenvalue weighted by atomic mass is 10.2. The lowest BCUT2D eigenvalue weighted by molar-refractivity contribution is 0.476. The van der Waals surface area contributed by atoms with Gasteiger partial charge in [-0.3, -0.25) is 4.98 Å². The maximum Gasteiger partial charge on any atom is 0.147 e. The molecule has 0 fully saturated rings. The third-order valence-electron chi connectivity index (χ3n) is 2.12. The zero-order valence-electron chi connectivity index (χ0n) is 8.66. The topological polar surface area (TPSA) is 22.1 Å². The zero-order valence-corrected chi connectivity index (χ0v) is 11.8. The largest absolute Gasteiger partial charge is 0.455 e. The summed E-state index contributed by atoms with van der Waals surface area (Å²) in [6, 6.07) is 7.21. The predicted octanol–water partition coefficient (Wildman–Crippen LogP) is 5.08. The normalized spacial score (nSPS) is 10.3. The highest BCUT2D eigenvalue weighted by atomic mass is 79.9. The van der Waals surface area contributed by atoms with E-state index in [1.54, 1.807) is 18.5 Å². The van der Waals surface area contributed by atoms with Crippen molar-refractivity contribution in [3.63, 3.8) is 0 Å². The second-order valence-corrected chi connectivity index (χ2v) is 4.70. The first-order valence-corrected chi connectivity index (χ1v) is 6.70. The highest BCUT2D eigenvalue weighted by Crippen LogP contribution is 2.32. The van der Waals surface area contributed by atoms with Crippen molar-refractivity contribution in [1.29, 1.82) is 0 Å². The van der Waals surface area contributed by atoms with Crippen molar-refractivity contribution in [2.24, 2.45) is 0 Å². The molecule has 88 valence electrons. The molecule has 17 heavy (non-hydrogen) atoms. The van der Waals surface area contributed by atoms with E-state index in [-0.39, 0.29) is 0 Å². The Hall–Kier alpha value is -0.770. The van der Waals surface area contributed by atoms with Crippen LogP contribution in [0.5, 0.6) is 11.5 Å². The number of rotatable bonds is 3. The van der Waals surface area contributed by atoms with Crippen LogP contribution in [0.25, 0.3) is 0 Å². The van der Waals surface area contributed by atoms with Crippen LogP contribution in [-0.4, -0.2) is 4.98 Å². The number of ether oxygens (including phenoxy) is 1. The molecule has 2 rings (SSSR count). The van der Waals surface area contributed by atoms with Gasteiger partial charge in [-0.2, -0.15) is 0 Å². The maximum absolute atomic E-state index is 6.08. The molecule has 0 saturated carbocycles. The molecule has 0 N–H and O–H groups in total. The molecule has 0 spiro atoms. The fourth-order valence-corrected chi connectivity index (χ4v) is 2.48. The Balaban J connectivity index is 2.33. The number of pyridine rings is 1. The number of nitrogens with zero attached hydrogens (tertiary/aromatic N) is 1. The number of hydrogen-bond acceptors (Lipinski definition) is 2. The van der Waals surface area contributed by atoms with Crippen molar-refractivity contribution in [2.75, 3.05) is 0 Å². The summed E-state index contributed by atoms with van der Waals surface area (Å²) < 4.78 is 5.70. The van der Waals surface area contributed by atoms with Gasteiger partial charge in [-0.15, -0.1) is 0 Å². The number of halogens is 3. The van der Waals surface area contributed by atoms with E-state index in [4.69, 9.17) is 27.9 Å². The smallest absolute Gasteiger partial charge is 0.147 e. The van der Waals surface area contributed by atoms with E-state index in [9.17, 15) is 0 Å². The quantitative estimate of drug-likeness (QED) is 0.731. The van der Waals surface area contributed by atoms with Gasteiger partial charge in [0.1, 0.15) is 11.5 Å². The van der Waals surface area contributed by atoms with Crippen LogP contribution in [0.2, 0.25) is 10.0 Å². The molecule has 0 aliphatic carbocycles. The van der Waals surface area contributed by atoms with E-state index in [0.29, 0.717) is 26.9 Å². The Bertz CT molecular complexity index is 534. The Morgan fingerprint density at radius 2 is 2.06 bits per heavy atom. The SMILES string of the molecule is Clc1cncc(Oc2cccc(Cl)c2CBr)c1. The minimum atomic E-state index is 0.532. The van der Waals surface area contributed by atoms with Crippen molar-refractivity contribution in [3.8, 4) is 11.5 Å². The molecule has 0 aliphatic rings. The monoisotopic (exact) mass is 331 g/mol. The lowest BCUT2D eigenvalue weighted by Crippen LogP contribution is -1.91. The van der Waals surface area contributed by atoms with Crippen LogP contribution in [-0.2, 0) is 5.33 Å². The summed E-state index contributed by atoms with van der Waals surface area (Å²) in [5.74, 6) is 1.28. The first-order chi connectivity index (χ1) is 8.20. The summed E-state index contributed by atoms with van der Waals surface area (Å²) in [6.45, 7) is 0. The van der Waals surface area contributed by atoms with Gasteiger partial charge in [0.15, 0.2) is 0 Å². The predicted molar refractivity (Wildman–Crippen MR) is 73.4 cm³/mol. The summed E-state index contributed by atoms with van der Waals surface area (Å²) in [7, 11) is 0. The first-order valence-electron chi connectivity index (χ1n) is 4.82. The Labute approximate surface area is 118 Å². The molecule has 2 nitrogen and oxygen atoms in total. The molecular formula is C12H8BrCl2NO. The average Bonchev–Trinajstić information content (AvgIpc) is 2.29. The first kappa shape index (κ1) is 12.7. The molecule has 0 amide bonds. The van der Waals surface area contributed by atoms with Crippen LogP contribution in [0.3, 0.4) is 0 Å². The van der Waals surface area contributed by atoms with Crippen molar-refractivity contribution < 1.29 is 4.74 Å². The molecule has 2 aromatic rings. The Morgan fingerprint density at radius 3 is 2.76 bits per heavy atom.